The van der Waals surface area contributed by atoms with E-state index in [4.69, 9.17) is 10.2 Å². The van der Waals surface area contributed by atoms with Gasteiger partial charge in [-0.25, -0.2) is 0 Å². The van der Waals surface area contributed by atoms with Crippen LogP contribution < -0.4 is 5.73 Å². The Morgan fingerprint density at radius 3 is 2.50 bits per heavy atom. The first-order valence-electron chi connectivity index (χ1n) is 14.3. The summed E-state index contributed by atoms with van der Waals surface area (Å²) in [5.74, 6) is -6.13. The van der Waals surface area contributed by atoms with Crippen molar-refractivity contribution in [2.75, 3.05) is 27.2 Å². The van der Waals surface area contributed by atoms with Crippen molar-refractivity contribution in [1.29, 1.82) is 0 Å². The monoisotopic (exact) mass is 577 g/mol. The Labute approximate surface area is 242 Å². The van der Waals surface area contributed by atoms with Crippen molar-refractivity contribution < 1.29 is 39.2 Å². The number of phenols is 1. The van der Waals surface area contributed by atoms with Gasteiger partial charge in [0, 0.05) is 29.2 Å². The number of hydrogen-bond donors (Lipinski definition) is 5. The zero-order chi connectivity index (χ0) is 30.1. The van der Waals surface area contributed by atoms with E-state index in [0.29, 0.717) is 23.4 Å². The number of Topliss-reactive ketones (excluding diaryl/α,β-unsaturated/α-hetero) is 2. The Morgan fingerprint density at radius 1 is 1.12 bits per heavy atom. The van der Waals surface area contributed by atoms with E-state index in [9.17, 15) is 34.8 Å². The molecule has 11 nitrogen and oxygen atoms in total. The average Bonchev–Trinajstić information content (AvgIpc) is 3.38. The number of aromatic hydroxyl groups is 1. The van der Waals surface area contributed by atoms with E-state index in [1.165, 1.54) is 17.4 Å². The van der Waals surface area contributed by atoms with E-state index >= 15 is 0 Å². The van der Waals surface area contributed by atoms with Crippen LogP contribution in [0.5, 0.6) is 5.75 Å². The number of furan rings is 1. The molecule has 0 bridgehead atoms. The largest absolute Gasteiger partial charge is 0.508 e. The number of aliphatic hydroxyl groups is 3. The van der Waals surface area contributed by atoms with Crippen LogP contribution in [0.15, 0.2) is 45.8 Å². The number of benzene rings is 1. The van der Waals surface area contributed by atoms with Gasteiger partial charge < -0.3 is 30.6 Å². The van der Waals surface area contributed by atoms with Gasteiger partial charge in [0.1, 0.15) is 28.6 Å². The number of amides is 1. The fourth-order valence-electron chi connectivity index (χ4n) is 7.51. The number of carbonyl (C=O) groups excluding carboxylic acids is 3. The standard InChI is InChI=1S/C31H35N3O8/c1-33(2)24-19-13-16-12-18-17(27-15(8-11-42-27)14-34-9-4-3-5-10-34)6-7-20(35)22(18)25(36)21(16)28(38)31(19,41)29(39)23(26(24)37)30(32)40/h6-8,11,16,19,24,35-36,39,41H,3-5,9-10,12-14H2,1-2H3,(H2,32,40)/t16?,19?,24-,31-/m0/s1. The quantitative estimate of drug-likeness (QED) is 0.331. The second-order valence-electron chi connectivity index (χ2n) is 12.1. The van der Waals surface area contributed by atoms with Gasteiger partial charge in [-0.1, -0.05) is 6.42 Å². The van der Waals surface area contributed by atoms with E-state index in [1.54, 1.807) is 26.4 Å². The highest BCUT2D eigenvalue weighted by atomic mass is 16.3. The minimum Gasteiger partial charge on any atom is -0.508 e. The van der Waals surface area contributed by atoms with Crippen molar-refractivity contribution in [3.63, 3.8) is 0 Å². The van der Waals surface area contributed by atoms with Crippen molar-refractivity contribution in [2.24, 2.45) is 17.6 Å². The predicted octanol–water partition coefficient (Wildman–Crippen LogP) is 2.21. The van der Waals surface area contributed by atoms with Crippen LogP contribution in [0.4, 0.5) is 0 Å². The molecular weight excluding hydrogens is 542 g/mol. The molecule has 1 saturated heterocycles. The van der Waals surface area contributed by atoms with Gasteiger partial charge in [0.25, 0.3) is 5.91 Å². The molecule has 2 aromatic rings. The number of primary amides is 1. The zero-order valence-electron chi connectivity index (χ0n) is 23.6. The number of aliphatic hydroxyl groups excluding tert-OH is 2. The SMILES string of the molecule is CN(C)[C@@H]1C(=O)C(C(N)=O)=C(O)[C@@]2(O)C(=O)C3=C(O)c4c(O)ccc(-c5occc5CN5CCCCC5)c4CC3CC12. The number of phenolic OH excluding ortho intramolecular Hbond substituents is 1. The molecule has 1 saturated carbocycles. The minimum atomic E-state index is -2.67. The smallest absolute Gasteiger partial charge is 0.255 e. The maximum absolute atomic E-state index is 14.0. The summed E-state index contributed by atoms with van der Waals surface area (Å²) in [5.41, 5.74) is 3.97. The van der Waals surface area contributed by atoms with Gasteiger partial charge in [-0.05, 0) is 82.5 Å². The summed E-state index contributed by atoms with van der Waals surface area (Å²) < 4.78 is 5.96. The Morgan fingerprint density at radius 2 is 1.83 bits per heavy atom. The second kappa shape index (κ2) is 10.1. The molecule has 0 spiro atoms. The highest BCUT2D eigenvalue weighted by molar-refractivity contribution is 6.24. The van der Waals surface area contributed by atoms with Gasteiger partial charge in [0.2, 0.25) is 5.78 Å². The van der Waals surface area contributed by atoms with Crippen molar-refractivity contribution in [2.45, 2.75) is 50.3 Å². The molecule has 2 unspecified atom stereocenters. The van der Waals surface area contributed by atoms with E-state index in [0.717, 1.165) is 31.5 Å². The predicted molar refractivity (Wildman–Crippen MR) is 151 cm³/mol. The lowest BCUT2D eigenvalue weighted by Crippen LogP contribution is -2.65. The molecule has 2 heterocycles. The third-order valence-electron chi connectivity index (χ3n) is 9.44. The molecule has 42 heavy (non-hydrogen) atoms. The third-order valence-corrected chi connectivity index (χ3v) is 9.44. The van der Waals surface area contributed by atoms with Crippen molar-refractivity contribution in [3.05, 3.63) is 58.1 Å². The number of fused-ring (bicyclic) bond motifs is 3. The van der Waals surface area contributed by atoms with Crippen molar-refractivity contribution in [1.82, 2.24) is 9.80 Å². The lowest BCUT2D eigenvalue weighted by atomic mass is 9.57. The van der Waals surface area contributed by atoms with Crippen molar-refractivity contribution in [3.8, 4) is 17.1 Å². The number of hydrogen-bond acceptors (Lipinski definition) is 10. The summed E-state index contributed by atoms with van der Waals surface area (Å²) >= 11 is 0. The lowest BCUT2D eigenvalue weighted by molar-refractivity contribution is -0.153. The number of nitrogens with zero attached hydrogens (tertiary/aromatic N) is 2. The first-order chi connectivity index (χ1) is 20.0. The number of nitrogens with two attached hydrogens (primary N) is 1. The van der Waals surface area contributed by atoms with Crippen molar-refractivity contribution >= 4 is 23.2 Å². The molecule has 1 aromatic heterocycles. The topological polar surface area (TPSA) is 178 Å². The fourth-order valence-corrected chi connectivity index (χ4v) is 7.51. The molecule has 2 fully saturated rings. The summed E-state index contributed by atoms with van der Waals surface area (Å²) in [6.07, 6.45) is 5.32. The maximum atomic E-state index is 14.0. The highest BCUT2D eigenvalue weighted by Gasteiger charge is 2.64. The van der Waals surface area contributed by atoms with E-state index in [2.05, 4.69) is 4.90 Å². The summed E-state index contributed by atoms with van der Waals surface area (Å²) in [5, 5.41) is 45.2. The molecule has 1 aromatic carbocycles. The molecule has 3 aliphatic carbocycles. The van der Waals surface area contributed by atoms with Crippen LogP contribution in [-0.4, -0.2) is 86.5 Å². The van der Waals surface area contributed by atoms with Gasteiger partial charge in [-0.3, -0.25) is 24.2 Å². The van der Waals surface area contributed by atoms with Gasteiger partial charge in [0.05, 0.1) is 17.9 Å². The Balaban J connectivity index is 1.48. The van der Waals surface area contributed by atoms with Crippen LogP contribution in [0, 0.1) is 11.8 Å². The van der Waals surface area contributed by atoms with Crippen LogP contribution in [-0.2, 0) is 27.3 Å². The zero-order valence-corrected chi connectivity index (χ0v) is 23.6. The number of rotatable bonds is 5. The summed E-state index contributed by atoms with van der Waals surface area (Å²) in [6, 6.07) is 3.94. The number of ketones is 2. The number of carbonyl (C=O) groups is 3. The summed E-state index contributed by atoms with van der Waals surface area (Å²) in [6.45, 7) is 2.67. The number of likely N-dealkylation sites (tertiary alicyclic amines) is 1. The first kappa shape index (κ1) is 28.2. The van der Waals surface area contributed by atoms with Crippen LogP contribution in [0.1, 0.15) is 42.4 Å². The van der Waals surface area contributed by atoms with Crippen LogP contribution >= 0.6 is 0 Å². The Hall–Kier alpha value is -3.93. The molecule has 6 rings (SSSR count). The number of piperidine rings is 1. The van der Waals surface area contributed by atoms with E-state index in [1.807, 2.05) is 6.07 Å². The molecule has 1 aliphatic heterocycles. The van der Waals surface area contributed by atoms with Crippen LogP contribution in [0.3, 0.4) is 0 Å². The first-order valence-corrected chi connectivity index (χ1v) is 14.3. The highest BCUT2D eigenvalue weighted by Crippen LogP contribution is 2.53. The van der Waals surface area contributed by atoms with Gasteiger partial charge in [-0.2, -0.15) is 0 Å². The third kappa shape index (κ3) is 4.02. The summed E-state index contributed by atoms with van der Waals surface area (Å²) in [7, 11) is 3.15. The molecule has 4 aliphatic rings. The molecule has 6 N–H and O–H groups in total. The maximum Gasteiger partial charge on any atom is 0.255 e. The number of likely N-dealkylation sites (N-methyl/N-ethyl adjacent to an activating group) is 1. The van der Waals surface area contributed by atoms with Crippen LogP contribution in [0.2, 0.25) is 0 Å². The van der Waals surface area contributed by atoms with Gasteiger partial charge in [0.15, 0.2) is 11.4 Å². The lowest BCUT2D eigenvalue weighted by Gasteiger charge is -2.50. The fraction of sp³-hybridized carbons (Fsp3) is 0.452. The van der Waals surface area contributed by atoms with Gasteiger partial charge in [-0.15, -0.1) is 0 Å². The average molecular weight is 578 g/mol. The molecule has 11 heteroatoms. The van der Waals surface area contributed by atoms with E-state index in [-0.39, 0.29) is 29.7 Å². The second-order valence-corrected chi connectivity index (χ2v) is 12.1. The van der Waals surface area contributed by atoms with E-state index < -0.39 is 58.0 Å². The van der Waals surface area contributed by atoms with Gasteiger partial charge >= 0.3 is 0 Å². The molecule has 1 amide bonds. The molecule has 0 radical (unpaired) electrons. The normalized spacial score (nSPS) is 28.1. The Bertz CT molecular complexity index is 1560. The van der Waals surface area contributed by atoms with Crippen LogP contribution in [0.25, 0.3) is 17.1 Å². The molecule has 4 atom stereocenters. The molecule has 222 valence electrons. The minimum absolute atomic E-state index is 0.0274. The summed E-state index contributed by atoms with van der Waals surface area (Å²) in [4.78, 5) is 43.4. The molecular formula is C31H35N3O8. The Kier molecular flexibility index (Phi) is 6.79.